The van der Waals surface area contributed by atoms with Crippen LogP contribution in [0.25, 0.3) is 0 Å². The summed E-state index contributed by atoms with van der Waals surface area (Å²) in [7, 11) is -3.37. The van der Waals surface area contributed by atoms with Gasteiger partial charge >= 0.3 is 0 Å². The quantitative estimate of drug-likeness (QED) is 0.611. The summed E-state index contributed by atoms with van der Waals surface area (Å²) in [5.41, 5.74) is -3.36. The zero-order valence-electron chi connectivity index (χ0n) is 38.9. The lowest BCUT2D eigenvalue weighted by Crippen LogP contribution is -2.50. The fraction of sp³-hybridized carbons (Fsp3) is 0.458. The number of carbonyl (C=O) groups excluding carboxylic acids is 1. The first-order valence-electron chi connectivity index (χ1n) is 20.2. The first kappa shape index (κ1) is 7.47. The number of β-amino-alcohol motifs (C(OH)–C–C–N with tert-alkyl or cyclic N) is 1. The van der Waals surface area contributed by atoms with E-state index in [1.165, 1.54) is 0 Å². The largest absolute Gasteiger partial charge is 0.493 e. The predicted octanol–water partition coefficient (Wildman–Crippen LogP) is 2.31. The summed E-state index contributed by atoms with van der Waals surface area (Å²) in [5.74, 6) is -4.24. The van der Waals surface area contributed by atoms with Crippen LogP contribution in [-0.4, -0.2) is 79.7 Å². The first-order chi connectivity index (χ1) is 24.0. The topological polar surface area (TPSA) is 74.3 Å². The molecule has 1 aliphatic rings. The van der Waals surface area contributed by atoms with Crippen LogP contribution in [0.5, 0.6) is 11.5 Å². The summed E-state index contributed by atoms with van der Waals surface area (Å²) in [6.07, 6.45) is -4.02. The molecule has 2 aromatic rings. The van der Waals surface area contributed by atoms with E-state index in [0.717, 1.165) is 4.90 Å². The number of anilines is 1. The maximum atomic E-state index is 13.4. The number of hydrogen-bond acceptors (Lipinski definition) is 6. The molecule has 2 aromatic carbocycles. The van der Waals surface area contributed by atoms with Crippen molar-refractivity contribution in [3.05, 3.63) is 53.4 Å². The molecule has 31 heavy (non-hydrogen) atoms. The highest BCUT2D eigenvalue weighted by atomic mass is 16.5. The summed E-state index contributed by atoms with van der Waals surface area (Å²) in [6.45, 7) is -19.8. The zero-order valence-corrected chi connectivity index (χ0v) is 15.9. The molecule has 0 aliphatic carbocycles. The summed E-state index contributed by atoms with van der Waals surface area (Å²) in [6, 6.07) is -7.71. The number of carbonyl (C=O) groups is 1. The number of benzene rings is 2. The summed E-state index contributed by atoms with van der Waals surface area (Å²) in [4.78, 5) is 14.8. The number of para-hydroxylation sites is 3. The molecule has 0 bridgehead atoms. The second-order valence-electron chi connectivity index (χ2n) is 5.96. The van der Waals surface area contributed by atoms with Gasteiger partial charge in [-0.15, -0.1) is 0 Å². The molecule has 7 heteroatoms. The van der Waals surface area contributed by atoms with Crippen LogP contribution in [0, 0.1) is 13.7 Å². The summed E-state index contributed by atoms with van der Waals surface area (Å²) in [5, 5.41) is 12.9. The van der Waals surface area contributed by atoms with Crippen LogP contribution in [-0.2, 0) is 4.79 Å². The third kappa shape index (κ3) is 6.69. The maximum absolute atomic E-state index is 13.4. The highest BCUT2D eigenvalue weighted by Gasteiger charge is 2.21. The average Bonchev–Trinajstić information content (AvgIpc) is 3.01. The number of ether oxygens (including phenoxy) is 2. The first-order valence-corrected chi connectivity index (χ1v) is 8.71. The van der Waals surface area contributed by atoms with Gasteiger partial charge in [-0.3, -0.25) is 14.6 Å². The molecular weight excluding hydrogens is 394 g/mol. The Morgan fingerprint density at radius 3 is 2.52 bits per heavy atom. The third-order valence-electron chi connectivity index (χ3n) is 3.89. The maximum Gasteiger partial charge on any atom is 0.238 e. The second kappa shape index (κ2) is 11.1. The van der Waals surface area contributed by atoms with E-state index in [2.05, 4.69) is 4.74 Å². The Morgan fingerprint density at radius 1 is 1.16 bits per heavy atom. The van der Waals surface area contributed by atoms with Crippen LogP contribution in [0.3, 0.4) is 0 Å². The monoisotopic (exact) mass is 450 g/mol. The van der Waals surface area contributed by atoms with Gasteiger partial charge in [0.1, 0.15) is 12.6 Å². The minimum atomic E-state index is -4.02. The normalized spacial score (nSPS) is 30.4. The van der Waals surface area contributed by atoms with Crippen molar-refractivity contribution in [3.8, 4) is 11.5 Å². The molecule has 1 heterocycles. The van der Waals surface area contributed by atoms with Crippen LogP contribution in [0.15, 0.2) is 42.3 Å². The Bertz CT molecular complexity index is 1740. The van der Waals surface area contributed by atoms with E-state index in [1.807, 2.05) is 5.32 Å². The standard InChI is InChI=1S/C24H33N3O4/c1-18-7-6-8-19(2)24(18)25-23(29)16-27-13-11-26(12-14-27)15-20(28)17-31-22-10-5-4-9-21(22)30-3/h4-10,20,28H,11-17H2,1-3H3,(H,25,29)/i1D3,2D3,3D3,4D,5D,6D,7D,8D,9D,10D,15D2,16D2,17D2,20D. The molecule has 7 nitrogen and oxygen atoms in total. The molecule has 1 unspecified atom stereocenters. The van der Waals surface area contributed by atoms with Crippen molar-refractivity contribution in [2.75, 3.05) is 58.1 Å². The summed E-state index contributed by atoms with van der Waals surface area (Å²) < 4.78 is 193. The zero-order chi connectivity index (χ0) is 42.1. The van der Waals surface area contributed by atoms with Gasteiger partial charge in [0.2, 0.25) is 5.91 Å². The predicted molar refractivity (Wildman–Crippen MR) is 122 cm³/mol. The molecule has 2 N–H and O–H groups in total. The van der Waals surface area contributed by atoms with Gasteiger partial charge in [-0.05, 0) is 36.9 Å². The lowest BCUT2D eigenvalue weighted by atomic mass is 10.1. The SMILES string of the molecule is [2H]c1c([2H])c([2H])c(OC([2H])([2H])C([2H])(O)C([2H])([2H])N2CCN(C([2H])([2H])C(=O)Nc3c(C([2H])([2H])[2H])c([2H])c([2H])c([2H])c3C([2H])([2H])[2H])CC2)c(OC([2H])([2H])[2H])c1[2H]. The number of hydrogen-bond donors (Lipinski definition) is 2. The van der Waals surface area contributed by atoms with E-state index in [9.17, 15) is 9.90 Å². The molecule has 0 aromatic heterocycles. The Labute approximate surface area is 216 Å². The van der Waals surface area contributed by atoms with E-state index in [1.54, 1.807) is 0 Å². The van der Waals surface area contributed by atoms with Gasteiger partial charge in [0.15, 0.2) is 11.5 Å². The molecular formula is C24H33N3O4. The smallest absolute Gasteiger partial charge is 0.238 e. The average molecular weight is 451 g/mol. The Morgan fingerprint density at radius 2 is 1.84 bits per heavy atom. The van der Waals surface area contributed by atoms with E-state index in [-0.39, 0.29) is 0 Å². The van der Waals surface area contributed by atoms with Crippen molar-refractivity contribution in [2.24, 2.45) is 0 Å². The van der Waals surface area contributed by atoms with Gasteiger partial charge in [0.25, 0.3) is 0 Å². The van der Waals surface area contributed by atoms with Crippen LogP contribution >= 0.6 is 0 Å². The molecule has 1 fully saturated rings. The fourth-order valence-corrected chi connectivity index (χ4v) is 2.45. The minimum Gasteiger partial charge on any atom is -0.493 e. The van der Waals surface area contributed by atoms with Crippen molar-refractivity contribution in [2.45, 2.75) is 19.8 Å². The van der Waals surface area contributed by atoms with Gasteiger partial charge in [-0.1, -0.05) is 30.2 Å². The molecule has 1 aliphatic heterocycles. The van der Waals surface area contributed by atoms with Crippen LogP contribution in [0.4, 0.5) is 5.69 Å². The van der Waals surface area contributed by atoms with E-state index in [4.69, 9.17) is 36.3 Å². The minimum absolute atomic E-state index is 0.625. The van der Waals surface area contributed by atoms with Crippen molar-refractivity contribution in [1.82, 2.24) is 9.80 Å². The van der Waals surface area contributed by atoms with Crippen LogP contribution in [0.2, 0.25) is 0 Å². The molecule has 1 saturated heterocycles. The highest BCUT2D eigenvalue weighted by Crippen LogP contribution is 2.25. The Balaban J connectivity index is 1.92. The third-order valence-corrected chi connectivity index (χ3v) is 3.89. The number of nitrogens with one attached hydrogen (secondary N) is 1. The number of amides is 1. The molecule has 0 radical (unpaired) electrons. The molecule has 1 atom stereocenters. The number of piperazine rings is 1. The number of nitrogens with zero attached hydrogens (tertiary/aromatic N) is 2. The van der Waals surface area contributed by atoms with Crippen LogP contribution < -0.4 is 14.8 Å². The number of aliphatic hydroxyl groups is 1. The van der Waals surface area contributed by atoms with Crippen molar-refractivity contribution >= 4 is 11.6 Å². The van der Waals surface area contributed by atoms with Gasteiger partial charge in [-0.25, -0.2) is 0 Å². The number of methoxy groups -OCH3 is 1. The van der Waals surface area contributed by atoms with E-state index in [0.29, 0.717) is 4.90 Å². The summed E-state index contributed by atoms with van der Waals surface area (Å²) >= 11 is 0. The van der Waals surface area contributed by atoms with E-state index < -0.39 is 149 Å². The second-order valence-corrected chi connectivity index (χ2v) is 5.96. The van der Waals surface area contributed by atoms with Gasteiger partial charge in [0, 0.05) is 49.3 Å². The van der Waals surface area contributed by atoms with Crippen molar-refractivity contribution in [3.63, 3.8) is 0 Å². The molecule has 3 rings (SSSR count). The lowest BCUT2D eigenvalue weighted by Gasteiger charge is -2.35. The highest BCUT2D eigenvalue weighted by molar-refractivity contribution is 5.93. The molecule has 0 spiro atoms. The van der Waals surface area contributed by atoms with Gasteiger partial charge in [0.05, 0.1) is 34.1 Å². The fourth-order valence-electron chi connectivity index (χ4n) is 2.45. The lowest BCUT2D eigenvalue weighted by molar-refractivity contribution is -0.117. The number of rotatable bonds is 9. The molecule has 1 amide bonds. The molecule has 0 saturated carbocycles. The van der Waals surface area contributed by atoms with Crippen molar-refractivity contribution in [1.29, 1.82) is 0 Å². The van der Waals surface area contributed by atoms with E-state index >= 15 is 0 Å². The molecule has 168 valence electrons. The Kier molecular flexibility index (Phi) is 2.68. The van der Waals surface area contributed by atoms with Gasteiger partial charge < -0.3 is 19.9 Å². The van der Waals surface area contributed by atoms with Crippen molar-refractivity contribution < 1.29 is 50.9 Å². The van der Waals surface area contributed by atoms with Crippen LogP contribution in [0.1, 0.15) is 42.7 Å². The Hall–Kier alpha value is -2.61. The van der Waals surface area contributed by atoms with Gasteiger partial charge in [-0.2, -0.15) is 0 Å².